The van der Waals surface area contributed by atoms with Crippen molar-refractivity contribution in [2.45, 2.75) is 50.1 Å². The molecule has 0 aliphatic heterocycles. The highest BCUT2D eigenvalue weighted by molar-refractivity contribution is 8.00. The number of nitrogens with one attached hydrogen (secondary N) is 2. The normalized spacial score (nSPS) is 12.7. The van der Waals surface area contributed by atoms with E-state index in [1.54, 1.807) is 18.3 Å². The molecule has 2 aromatic heterocycles. The van der Waals surface area contributed by atoms with E-state index in [1.807, 2.05) is 43.8 Å². The van der Waals surface area contributed by atoms with Gasteiger partial charge in [0.15, 0.2) is 5.16 Å². The molecule has 0 saturated heterocycles. The number of thiophene rings is 1. The first-order valence-electron chi connectivity index (χ1n) is 7.86. The van der Waals surface area contributed by atoms with Crippen molar-refractivity contribution in [2.24, 2.45) is 7.05 Å². The Hall–Kier alpha value is -1.87. The van der Waals surface area contributed by atoms with Crippen molar-refractivity contribution in [3.63, 3.8) is 0 Å². The summed E-state index contributed by atoms with van der Waals surface area (Å²) in [5, 5.41) is 15.6. The maximum atomic E-state index is 12.2. The van der Waals surface area contributed by atoms with Crippen LogP contribution in [0.1, 0.15) is 38.4 Å². The highest BCUT2D eigenvalue weighted by atomic mass is 32.2. The first-order chi connectivity index (χ1) is 11.7. The van der Waals surface area contributed by atoms with Crippen molar-refractivity contribution in [3.8, 4) is 0 Å². The molecule has 9 heteroatoms. The van der Waals surface area contributed by atoms with Crippen LogP contribution < -0.4 is 10.6 Å². The molecule has 25 heavy (non-hydrogen) atoms. The molecule has 2 N–H and O–H groups in total. The minimum atomic E-state index is -0.499. The van der Waals surface area contributed by atoms with Crippen molar-refractivity contribution in [3.05, 3.63) is 28.2 Å². The number of imide groups is 1. The van der Waals surface area contributed by atoms with Crippen LogP contribution in [0.2, 0.25) is 0 Å². The van der Waals surface area contributed by atoms with Crippen LogP contribution in [0.5, 0.6) is 0 Å². The number of hydrogen-bond donors (Lipinski definition) is 2. The standard InChI is InChI=1S/C16H23N5O2S2/c1-10(13(22)17-14(23)18-16(2,3)4)25-15-20-19-12(21(15)5)9-11-7-6-8-24-11/h6-8,10H,9H2,1-5H3,(H2,17,18,22,23)/t10-/m0/s1. The predicted molar refractivity (Wildman–Crippen MR) is 99.9 cm³/mol. The Morgan fingerprint density at radius 1 is 1.36 bits per heavy atom. The van der Waals surface area contributed by atoms with Crippen LogP contribution >= 0.6 is 23.1 Å². The third-order valence-electron chi connectivity index (χ3n) is 3.21. The Morgan fingerprint density at radius 2 is 2.08 bits per heavy atom. The summed E-state index contributed by atoms with van der Waals surface area (Å²) in [5.41, 5.74) is -0.402. The summed E-state index contributed by atoms with van der Waals surface area (Å²) in [7, 11) is 1.88. The number of rotatable bonds is 5. The number of hydrogen-bond acceptors (Lipinski definition) is 6. The SMILES string of the molecule is C[C@H](Sc1nnc(Cc2cccs2)n1C)C(=O)NC(=O)NC(C)(C)C. The summed E-state index contributed by atoms with van der Waals surface area (Å²) in [6.07, 6.45) is 0.705. The molecule has 0 fully saturated rings. The molecule has 0 aromatic carbocycles. The monoisotopic (exact) mass is 381 g/mol. The van der Waals surface area contributed by atoms with Gasteiger partial charge in [-0.3, -0.25) is 10.1 Å². The lowest BCUT2D eigenvalue weighted by atomic mass is 10.1. The van der Waals surface area contributed by atoms with Crippen molar-refractivity contribution < 1.29 is 9.59 Å². The number of carbonyl (C=O) groups is 2. The number of aromatic nitrogens is 3. The van der Waals surface area contributed by atoms with Gasteiger partial charge in [0.2, 0.25) is 5.91 Å². The zero-order chi connectivity index (χ0) is 18.6. The molecule has 3 amide bonds. The number of thioether (sulfide) groups is 1. The number of nitrogens with zero attached hydrogens (tertiary/aromatic N) is 3. The summed E-state index contributed by atoms with van der Waals surface area (Å²) >= 11 is 2.94. The second kappa shape index (κ2) is 8.01. The van der Waals surface area contributed by atoms with E-state index < -0.39 is 16.8 Å². The largest absolute Gasteiger partial charge is 0.333 e. The summed E-state index contributed by atoms with van der Waals surface area (Å²) < 4.78 is 1.88. The molecular weight excluding hydrogens is 358 g/mol. The van der Waals surface area contributed by atoms with Gasteiger partial charge in [-0.15, -0.1) is 21.5 Å². The fourth-order valence-electron chi connectivity index (χ4n) is 1.97. The quantitative estimate of drug-likeness (QED) is 0.777. The summed E-state index contributed by atoms with van der Waals surface area (Å²) in [5.74, 6) is 0.470. The van der Waals surface area contributed by atoms with Crippen molar-refractivity contribution in [1.29, 1.82) is 0 Å². The molecule has 2 aromatic rings. The van der Waals surface area contributed by atoms with E-state index in [0.717, 1.165) is 5.82 Å². The van der Waals surface area contributed by atoms with Crippen LogP contribution in [0.4, 0.5) is 4.79 Å². The van der Waals surface area contributed by atoms with E-state index in [2.05, 4.69) is 26.9 Å². The van der Waals surface area contributed by atoms with Gasteiger partial charge in [0.05, 0.1) is 5.25 Å². The third-order valence-corrected chi connectivity index (χ3v) is 5.22. The first-order valence-corrected chi connectivity index (χ1v) is 9.62. The van der Waals surface area contributed by atoms with Gasteiger partial charge in [-0.1, -0.05) is 17.8 Å². The molecule has 7 nitrogen and oxygen atoms in total. The molecule has 0 radical (unpaired) electrons. The molecule has 0 bridgehead atoms. The Labute approximate surface area is 155 Å². The van der Waals surface area contributed by atoms with Gasteiger partial charge in [0, 0.05) is 23.9 Å². The lowest BCUT2D eigenvalue weighted by molar-refractivity contribution is -0.119. The van der Waals surface area contributed by atoms with Crippen LogP contribution in [-0.2, 0) is 18.3 Å². The molecular formula is C16H23N5O2S2. The molecule has 0 unspecified atom stereocenters. The van der Waals surface area contributed by atoms with Gasteiger partial charge in [0.25, 0.3) is 0 Å². The second-order valence-electron chi connectivity index (χ2n) is 6.67. The van der Waals surface area contributed by atoms with Crippen molar-refractivity contribution >= 4 is 35.0 Å². The minimum absolute atomic E-state index is 0.366. The van der Waals surface area contributed by atoms with E-state index in [9.17, 15) is 9.59 Å². The number of carbonyl (C=O) groups excluding carboxylic acids is 2. The topological polar surface area (TPSA) is 88.9 Å². The Morgan fingerprint density at radius 3 is 2.68 bits per heavy atom. The average Bonchev–Trinajstić information content (AvgIpc) is 3.10. The summed E-state index contributed by atoms with van der Waals surface area (Å²) in [4.78, 5) is 25.2. The van der Waals surface area contributed by atoms with Crippen LogP contribution in [-0.4, -0.2) is 37.5 Å². The lowest BCUT2D eigenvalue weighted by Gasteiger charge is -2.21. The van der Waals surface area contributed by atoms with Crippen LogP contribution in [0.3, 0.4) is 0 Å². The van der Waals surface area contributed by atoms with E-state index in [0.29, 0.717) is 11.6 Å². The molecule has 0 aliphatic rings. The van der Waals surface area contributed by atoms with Gasteiger partial charge in [0.1, 0.15) is 5.82 Å². The fourth-order valence-corrected chi connectivity index (χ4v) is 3.50. The van der Waals surface area contributed by atoms with E-state index in [4.69, 9.17) is 0 Å². The molecule has 0 spiro atoms. The first kappa shape index (κ1) is 19.5. The van der Waals surface area contributed by atoms with E-state index in [-0.39, 0.29) is 5.91 Å². The van der Waals surface area contributed by atoms with Gasteiger partial charge in [-0.25, -0.2) is 4.79 Å². The lowest BCUT2D eigenvalue weighted by Crippen LogP contribution is -2.49. The van der Waals surface area contributed by atoms with Crippen LogP contribution in [0, 0.1) is 0 Å². The van der Waals surface area contributed by atoms with E-state index in [1.165, 1.54) is 16.6 Å². The molecule has 0 aliphatic carbocycles. The second-order valence-corrected chi connectivity index (χ2v) is 9.01. The third kappa shape index (κ3) is 5.86. The molecule has 1 atom stereocenters. The van der Waals surface area contributed by atoms with Gasteiger partial charge < -0.3 is 9.88 Å². The molecule has 0 saturated carbocycles. The Balaban J connectivity index is 1.94. The highest BCUT2D eigenvalue weighted by Gasteiger charge is 2.22. The van der Waals surface area contributed by atoms with Gasteiger partial charge in [-0.05, 0) is 39.1 Å². The zero-order valence-electron chi connectivity index (χ0n) is 15.0. The Kier molecular flexibility index (Phi) is 6.23. The molecule has 2 heterocycles. The molecule has 2 rings (SSSR count). The fraction of sp³-hybridized carbons (Fsp3) is 0.500. The van der Waals surface area contributed by atoms with Crippen molar-refractivity contribution in [1.82, 2.24) is 25.4 Å². The highest BCUT2D eigenvalue weighted by Crippen LogP contribution is 2.23. The van der Waals surface area contributed by atoms with E-state index >= 15 is 0 Å². The van der Waals surface area contributed by atoms with Gasteiger partial charge >= 0.3 is 6.03 Å². The van der Waals surface area contributed by atoms with Crippen molar-refractivity contribution in [2.75, 3.05) is 0 Å². The predicted octanol–water partition coefficient (Wildman–Crippen LogP) is 2.57. The smallest absolute Gasteiger partial charge is 0.321 e. The minimum Gasteiger partial charge on any atom is -0.333 e. The van der Waals surface area contributed by atoms with Crippen LogP contribution in [0.15, 0.2) is 22.7 Å². The average molecular weight is 382 g/mol. The number of urea groups is 1. The number of amides is 3. The maximum Gasteiger partial charge on any atom is 0.321 e. The van der Waals surface area contributed by atoms with Gasteiger partial charge in [-0.2, -0.15) is 0 Å². The Bertz CT molecular complexity index is 734. The summed E-state index contributed by atoms with van der Waals surface area (Å²) in [6, 6.07) is 3.55. The molecule has 136 valence electrons. The van der Waals surface area contributed by atoms with Crippen LogP contribution in [0.25, 0.3) is 0 Å². The summed E-state index contributed by atoms with van der Waals surface area (Å²) in [6.45, 7) is 7.29. The maximum absolute atomic E-state index is 12.2. The zero-order valence-corrected chi connectivity index (χ0v) is 16.6.